The summed E-state index contributed by atoms with van der Waals surface area (Å²) in [5.41, 5.74) is 2.81. The molecule has 2 heterocycles. The second-order valence-corrected chi connectivity index (χ2v) is 5.42. The molecule has 1 aromatic rings. The highest BCUT2D eigenvalue weighted by atomic mass is 16.5. The van der Waals surface area contributed by atoms with Crippen LogP contribution in [0.4, 0.5) is 5.82 Å². The molecule has 0 bridgehead atoms. The van der Waals surface area contributed by atoms with Crippen LogP contribution in [0.2, 0.25) is 0 Å². The van der Waals surface area contributed by atoms with E-state index < -0.39 is 0 Å². The minimum absolute atomic E-state index is 0.113. The van der Waals surface area contributed by atoms with E-state index in [0.717, 1.165) is 42.4 Å². The number of pyridine rings is 1. The summed E-state index contributed by atoms with van der Waals surface area (Å²) < 4.78 is 5.31. The van der Waals surface area contributed by atoms with Gasteiger partial charge in [-0.15, -0.1) is 0 Å². The maximum absolute atomic E-state index is 8.61. The first kappa shape index (κ1) is 15.5. The molecule has 0 radical (unpaired) electrons. The third kappa shape index (κ3) is 3.79. The van der Waals surface area contributed by atoms with Gasteiger partial charge in [0.25, 0.3) is 0 Å². The largest absolute Gasteiger partial charge is 0.381 e. The Morgan fingerprint density at radius 3 is 2.90 bits per heavy atom. The lowest BCUT2D eigenvalue weighted by Crippen LogP contribution is -2.36. The van der Waals surface area contributed by atoms with E-state index in [1.54, 1.807) is 0 Å². The minimum atomic E-state index is 0.113. The number of ether oxygens (including phenoxy) is 1. The molecule has 1 aliphatic heterocycles. The van der Waals surface area contributed by atoms with E-state index in [1.807, 2.05) is 19.9 Å². The topological polar surface area (TPSA) is 81.8 Å². The Balaban J connectivity index is 2.23. The second-order valence-electron chi connectivity index (χ2n) is 5.42. The van der Waals surface area contributed by atoms with Gasteiger partial charge in [-0.1, -0.05) is 6.92 Å². The van der Waals surface area contributed by atoms with Crippen molar-refractivity contribution < 1.29 is 4.74 Å². The lowest BCUT2D eigenvalue weighted by molar-refractivity contribution is -0.0359. The van der Waals surface area contributed by atoms with Gasteiger partial charge in [0.15, 0.2) is 0 Å². The molecule has 2 rings (SSSR count). The zero-order valence-corrected chi connectivity index (χ0v) is 12.6. The average Bonchev–Trinajstić information content (AvgIpc) is 2.41. The summed E-state index contributed by atoms with van der Waals surface area (Å²) in [5.74, 6) is 1.29. The summed E-state index contributed by atoms with van der Waals surface area (Å²) in [7, 11) is 0. The van der Waals surface area contributed by atoms with Crippen molar-refractivity contribution >= 4 is 11.5 Å². The number of nitrogens with one attached hydrogen (secondary N) is 2. The molecule has 1 aliphatic rings. The normalized spacial score (nSPS) is 15.9. The van der Waals surface area contributed by atoms with Crippen LogP contribution in [-0.4, -0.2) is 30.5 Å². The Kier molecular flexibility index (Phi) is 5.29. The zero-order valence-electron chi connectivity index (χ0n) is 12.6. The van der Waals surface area contributed by atoms with Gasteiger partial charge in [-0.05, 0) is 31.0 Å². The first-order valence-corrected chi connectivity index (χ1v) is 7.40. The number of anilines is 1. The van der Waals surface area contributed by atoms with Gasteiger partial charge >= 0.3 is 0 Å². The van der Waals surface area contributed by atoms with E-state index in [1.165, 1.54) is 0 Å². The van der Waals surface area contributed by atoms with Crippen LogP contribution in [0.3, 0.4) is 0 Å². The molecule has 2 N–H and O–H groups in total. The minimum Gasteiger partial charge on any atom is -0.381 e. The molecule has 5 heteroatoms. The summed E-state index contributed by atoms with van der Waals surface area (Å²) in [6.45, 7) is 6.03. The molecule has 112 valence electrons. The molecular weight excluding hydrogens is 264 g/mol. The van der Waals surface area contributed by atoms with Crippen molar-refractivity contribution in [3.05, 3.63) is 23.4 Å². The lowest BCUT2D eigenvalue weighted by atomic mass is 9.80. The number of hydrogen-bond donors (Lipinski definition) is 2. The number of aromatic nitrogens is 1. The van der Waals surface area contributed by atoms with E-state index in [0.29, 0.717) is 18.9 Å². The Morgan fingerprint density at radius 1 is 1.57 bits per heavy atom. The lowest BCUT2D eigenvalue weighted by Gasteiger charge is -2.34. The van der Waals surface area contributed by atoms with Crippen LogP contribution >= 0.6 is 0 Å². The highest BCUT2D eigenvalue weighted by Gasteiger charge is 2.32. The fourth-order valence-corrected chi connectivity index (χ4v) is 2.64. The van der Waals surface area contributed by atoms with E-state index in [2.05, 4.69) is 22.4 Å². The maximum atomic E-state index is 8.61. The highest BCUT2D eigenvalue weighted by molar-refractivity contribution is 5.88. The van der Waals surface area contributed by atoms with Gasteiger partial charge in [0.05, 0.1) is 25.7 Å². The fraction of sp³-hybridized carbons (Fsp3) is 0.562. The van der Waals surface area contributed by atoms with Crippen LogP contribution in [0, 0.1) is 29.6 Å². The Labute approximate surface area is 125 Å². The van der Waals surface area contributed by atoms with Gasteiger partial charge in [-0.3, -0.25) is 0 Å². The van der Waals surface area contributed by atoms with E-state index >= 15 is 0 Å². The van der Waals surface area contributed by atoms with Crippen molar-refractivity contribution in [3.63, 3.8) is 0 Å². The van der Waals surface area contributed by atoms with E-state index in [4.69, 9.17) is 15.4 Å². The Hall–Kier alpha value is -1.93. The van der Waals surface area contributed by atoms with E-state index in [9.17, 15) is 0 Å². The van der Waals surface area contributed by atoms with Crippen molar-refractivity contribution in [2.45, 2.75) is 32.6 Å². The molecule has 1 unspecified atom stereocenters. The van der Waals surface area contributed by atoms with Gasteiger partial charge in [-0.2, -0.15) is 5.26 Å². The summed E-state index contributed by atoms with van der Waals surface area (Å²) in [6.07, 6.45) is 1.20. The molecule has 0 amide bonds. The van der Waals surface area contributed by atoms with Crippen molar-refractivity contribution in [2.24, 2.45) is 5.92 Å². The summed E-state index contributed by atoms with van der Waals surface area (Å²) in [4.78, 5) is 4.45. The first-order valence-electron chi connectivity index (χ1n) is 7.40. The van der Waals surface area contributed by atoms with Crippen LogP contribution in [0.15, 0.2) is 12.1 Å². The van der Waals surface area contributed by atoms with Crippen LogP contribution in [0.25, 0.3) is 0 Å². The molecule has 1 fully saturated rings. The molecule has 1 atom stereocenters. The molecule has 0 saturated carbocycles. The third-order valence-electron chi connectivity index (χ3n) is 3.77. The highest BCUT2D eigenvalue weighted by Crippen LogP contribution is 2.33. The van der Waals surface area contributed by atoms with Crippen LogP contribution in [0.1, 0.15) is 36.9 Å². The quantitative estimate of drug-likeness (QED) is 0.596. The Bertz CT molecular complexity index is 546. The third-order valence-corrected chi connectivity index (χ3v) is 3.77. The summed E-state index contributed by atoms with van der Waals surface area (Å²) >= 11 is 0. The van der Waals surface area contributed by atoms with Crippen LogP contribution in [0.5, 0.6) is 0 Å². The van der Waals surface area contributed by atoms with Gasteiger partial charge in [0.1, 0.15) is 5.82 Å². The number of aryl methyl sites for hydroxylation is 1. The zero-order chi connectivity index (χ0) is 15.2. The molecule has 5 nitrogen and oxygen atoms in total. The molecule has 0 spiro atoms. The van der Waals surface area contributed by atoms with Crippen molar-refractivity contribution in [1.82, 2.24) is 4.98 Å². The molecular formula is C16H22N4O. The van der Waals surface area contributed by atoms with Crippen LogP contribution in [-0.2, 0) is 4.74 Å². The molecule has 1 saturated heterocycles. The number of rotatable bonds is 7. The van der Waals surface area contributed by atoms with Crippen molar-refractivity contribution in [2.75, 3.05) is 25.1 Å². The molecule has 0 aliphatic carbocycles. The van der Waals surface area contributed by atoms with Crippen LogP contribution < -0.4 is 5.32 Å². The van der Waals surface area contributed by atoms with Crippen molar-refractivity contribution in [3.8, 4) is 6.07 Å². The van der Waals surface area contributed by atoms with Gasteiger partial charge in [-0.25, -0.2) is 4.98 Å². The predicted molar refractivity (Wildman–Crippen MR) is 82.8 cm³/mol. The smallest absolute Gasteiger partial charge is 0.126 e. The monoisotopic (exact) mass is 286 g/mol. The molecule has 1 aromatic heterocycles. The number of nitrogens with zero attached hydrogens (tertiary/aromatic N) is 2. The van der Waals surface area contributed by atoms with Gasteiger partial charge < -0.3 is 15.5 Å². The Morgan fingerprint density at radius 2 is 2.33 bits per heavy atom. The number of hydrogen-bond acceptors (Lipinski definition) is 5. The molecule has 0 aromatic carbocycles. The van der Waals surface area contributed by atoms with Crippen molar-refractivity contribution in [1.29, 1.82) is 10.7 Å². The summed E-state index contributed by atoms with van der Waals surface area (Å²) in [6, 6.07) is 6.18. The maximum Gasteiger partial charge on any atom is 0.126 e. The first-order chi connectivity index (χ1) is 10.2. The van der Waals surface area contributed by atoms with E-state index in [-0.39, 0.29) is 5.92 Å². The summed E-state index contributed by atoms with van der Waals surface area (Å²) in [5, 5.41) is 20.1. The molecule has 21 heavy (non-hydrogen) atoms. The van der Waals surface area contributed by atoms with Gasteiger partial charge in [0.2, 0.25) is 0 Å². The predicted octanol–water partition coefficient (Wildman–Crippen LogP) is 2.88. The average molecular weight is 286 g/mol. The van der Waals surface area contributed by atoms with Gasteiger partial charge in [0, 0.05) is 29.8 Å². The SMILES string of the molecule is CCC(=N)C(c1cc(C)nc(NCCC#N)c1)C1COC1. The second kappa shape index (κ2) is 7.19. The fourth-order valence-electron chi connectivity index (χ4n) is 2.64. The number of nitriles is 1. The standard InChI is InChI=1S/C16H22N4O/c1-3-14(18)16(13-9-21-10-13)12-7-11(2)20-15(8-12)19-6-4-5-17/h7-8,13,16,18H,3-4,6,9-10H2,1-2H3,(H,19,20).